The maximum absolute atomic E-state index is 14.1. The van der Waals surface area contributed by atoms with Crippen LogP contribution in [-0.2, 0) is 43.4 Å². The van der Waals surface area contributed by atoms with Gasteiger partial charge in [0.05, 0.1) is 18.6 Å². The van der Waals surface area contributed by atoms with Crippen molar-refractivity contribution in [1.82, 2.24) is 15.5 Å². The number of benzene rings is 5. The summed E-state index contributed by atoms with van der Waals surface area (Å²) in [6.07, 6.45) is 3.47. The van der Waals surface area contributed by atoms with Gasteiger partial charge < -0.3 is 34.9 Å². The van der Waals surface area contributed by atoms with Crippen LogP contribution in [0.4, 0.5) is 4.79 Å². The Balaban J connectivity index is 1.12. The van der Waals surface area contributed by atoms with E-state index >= 15 is 0 Å². The Labute approximate surface area is 375 Å². The smallest absolute Gasteiger partial charge is 0.407 e. The topological polar surface area (TPSA) is 144 Å². The number of alkyl carbamates (subject to hydrolysis) is 1. The van der Waals surface area contributed by atoms with Crippen molar-refractivity contribution in [2.75, 3.05) is 26.4 Å². The molecule has 0 radical (unpaired) electrons. The number of rotatable bonds is 24. The summed E-state index contributed by atoms with van der Waals surface area (Å²) >= 11 is 0. The average Bonchev–Trinajstić information content (AvgIpc) is 3.64. The third-order valence-electron chi connectivity index (χ3n) is 11.2. The molecule has 0 saturated carbocycles. The lowest BCUT2D eigenvalue weighted by Gasteiger charge is -2.26. The number of hydrogen-bond donors (Lipinski definition) is 3. The molecule has 0 aromatic heterocycles. The number of fused-ring (bicyclic) bond motifs is 3. The third-order valence-corrected chi connectivity index (χ3v) is 11.2. The Morgan fingerprint density at radius 1 is 0.719 bits per heavy atom. The second-order valence-electron chi connectivity index (χ2n) is 15.8. The van der Waals surface area contributed by atoms with Crippen LogP contribution >= 0.6 is 0 Å². The molecule has 11 heteroatoms. The number of carbonyl (C=O) groups is 4. The lowest BCUT2D eigenvalue weighted by molar-refractivity contribution is -0.147. The highest BCUT2D eigenvalue weighted by molar-refractivity contribution is 5.86. The highest BCUT2D eigenvalue weighted by atomic mass is 16.6. The van der Waals surface area contributed by atoms with Gasteiger partial charge in [0.1, 0.15) is 31.6 Å². The normalized spacial score (nSPS) is 13.0. The van der Waals surface area contributed by atoms with Crippen molar-refractivity contribution in [1.29, 1.82) is 0 Å². The quantitative estimate of drug-likeness (QED) is 0.0416. The molecule has 6 rings (SSSR count). The molecule has 332 valence electrons. The fourth-order valence-corrected chi connectivity index (χ4v) is 7.86. The Kier molecular flexibility index (Phi) is 17.5. The summed E-state index contributed by atoms with van der Waals surface area (Å²) in [5.41, 5.74) is 7.09. The number of nitrogens with one attached hydrogen (secondary N) is 2. The van der Waals surface area contributed by atoms with Crippen LogP contribution < -0.4 is 15.4 Å². The first-order chi connectivity index (χ1) is 31.3. The number of allylic oxidation sites excluding steroid dienone is 2. The number of ether oxygens (including phenoxy) is 3. The van der Waals surface area contributed by atoms with E-state index in [1.54, 1.807) is 12.2 Å². The molecule has 5 aromatic carbocycles. The van der Waals surface area contributed by atoms with E-state index in [0.717, 1.165) is 38.9 Å². The third kappa shape index (κ3) is 13.3. The van der Waals surface area contributed by atoms with E-state index in [0.29, 0.717) is 18.8 Å². The van der Waals surface area contributed by atoms with Crippen LogP contribution in [0.2, 0.25) is 0 Å². The highest BCUT2D eigenvalue weighted by Crippen LogP contribution is 2.44. The van der Waals surface area contributed by atoms with Gasteiger partial charge in [0.15, 0.2) is 0 Å². The van der Waals surface area contributed by atoms with E-state index in [1.165, 1.54) is 4.90 Å². The van der Waals surface area contributed by atoms with Gasteiger partial charge in [-0.05, 0) is 76.8 Å². The van der Waals surface area contributed by atoms with Crippen LogP contribution in [-0.4, -0.2) is 72.3 Å². The van der Waals surface area contributed by atoms with Crippen molar-refractivity contribution >= 4 is 23.9 Å². The van der Waals surface area contributed by atoms with Crippen molar-refractivity contribution in [3.8, 4) is 16.9 Å². The fourth-order valence-electron chi connectivity index (χ4n) is 7.86. The molecule has 3 amide bonds. The SMILES string of the molecule is C=CCCC(NC(=O)OCC1c2ccccc2-c2ccccc21)C(=O)OCC(Cc1ccc(OCc2ccccc2)cc1)NC(=O)C(CC=C)CC(=O)N(CCO)Cc1ccccc1. The molecule has 0 bridgehead atoms. The van der Waals surface area contributed by atoms with Gasteiger partial charge in [-0.25, -0.2) is 9.59 Å². The molecule has 64 heavy (non-hydrogen) atoms. The second kappa shape index (κ2) is 24.0. The van der Waals surface area contributed by atoms with Crippen molar-refractivity contribution in [2.24, 2.45) is 5.92 Å². The van der Waals surface area contributed by atoms with Gasteiger partial charge in [0, 0.05) is 25.4 Å². The Morgan fingerprint density at radius 2 is 1.34 bits per heavy atom. The predicted octanol–water partition coefficient (Wildman–Crippen LogP) is 8.31. The van der Waals surface area contributed by atoms with Crippen molar-refractivity contribution < 1.29 is 38.5 Å². The number of aliphatic hydroxyl groups excluding tert-OH is 1. The Morgan fingerprint density at radius 3 is 1.97 bits per heavy atom. The minimum absolute atomic E-state index is 0.0751. The molecule has 0 aliphatic heterocycles. The molecule has 3 unspecified atom stereocenters. The summed E-state index contributed by atoms with van der Waals surface area (Å²) in [6.45, 7) is 8.02. The first kappa shape index (κ1) is 46.5. The maximum atomic E-state index is 14.1. The maximum Gasteiger partial charge on any atom is 0.407 e. The van der Waals surface area contributed by atoms with Gasteiger partial charge in [-0.15, -0.1) is 13.2 Å². The van der Waals surface area contributed by atoms with E-state index < -0.39 is 36.0 Å². The molecule has 0 saturated heterocycles. The molecule has 1 aliphatic carbocycles. The molecule has 0 fully saturated rings. The van der Waals surface area contributed by atoms with E-state index in [1.807, 2.05) is 121 Å². The summed E-state index contributed by atoms with van der Waals surface area (Å²) in [4.78, 5) is 56.3. The second-order valence-corrected chi connectivity index (χ2v) is 15.8. The minimum atomic E-state index is -1.06. The van der Waals surface area contributed by atoms with Gasteiger partial charge >= 0.3 is 12.1 Å². The first-order valence-electron chi connectivity index (χ1n) is 21.7. The van der Waals surface area contributed by atoms with Crippen LogP contribution in [0.25, 0.3) is 11.1 Å². The molecule has 3 N–H and O–H groups in total. The zero-order valence-electron chi connectivity index (χ0n) is 36.1. The lowest BCUT2D eigenvalue weighted by Crippen LogP contribution is -2.47. The minimum Gasteiger partial charge on any atom is -0.489 e. The summed E-state index contributed by atoms with van der Waals surface area (Å²) in [7, 11) is 0. The standard InChI is InChI=1S/C53H57N3O8/c1-3-5-25-49(55-53(61)64-37-48-46-23-14-12-21-44(46)45-22-13-15-24-47(45)48)52(60)63-36-42(32-38-26-28-43(29-27-38)62-35-40-19-10-7-11-20-40)54-51(59)41(16-4-2)33-50(58)56(30-31-57)34-39-17-8-6-9-18-39/h3-4,6-15,17-24,26-29,41-42,48-49,57H,1-2,5,16,25,30-37H2,(H,54,59)(H,55,61). The molecule has 3 atom stereocenters. The summed E-state index contributed by atoms with van der Waals surface area (Å²) in [5, 5.41) is 15.5. The van der Waals surface area contributed by atoms with Gasteiger partial charge in [0.2, 0.25) is 11.8 Å². The summed E-state index contributed by atoms with van der Waals surface area (Å²) < 4.78 is 17.6. The number of aliphatic hydroxyl groups is 1. The fraction of sp³-hybridized carbons (Fsp3) is 0.283. The summed E-state index contributed by atoms with van der Waals surface area (Å²) in [5.74, 6) is -1.69. The first-order valence-corrected chi connectivity index (χ1v) is 21.7. The molecular weight excluding hydrogens is 807 g/mol. The molecule has 0 heterocycles. The average molecular weight is 864 g/mol. The van der Waals surface area contributed by atoms with Gasteiger partial charge in [0.25, 0.3) is 0 Å². The van der Waals surface area contributed by atoms with E-state index in [9.17, 15) is 24.3 Å². The molecule has 0 spiro atoms. The molecular formula is C53H57N3O8. The zero-order valence-corrected chi connectivity index (χ0v) is 36.1. The van der Waals surface area contributed by atoms with Gasteiger partial charge in [-0.2, -0.15) is 0 Å². The van der Waals surface area contributed by atoms with Crippen LogP contribution in [0.5, 0.6) is 5.75 Å². The van der Waals surface area contributed by atoms with Crippen LogP contribution in [0.3, 0.4) is 0 Å². The van der Waals surface area contributed by atoms with E-state index in [2.05, 4.69) is 35.9 Å². The Hall–Kier alpha value is -6.98. The predicted molar refractivity (Wildman–Crippen MR) is 247 cm³/mol. The van der Waals surface area contributed by atoms with Crippen molar-refractivity contribution in [3.05, 3.63) is 187 Å². The number of amides is 3. The number of esters is 1. The zero-order chi connectivity index (χ0) is 45.1. The lowest BCUT2D eigenvalue weighted by atomic mass is 9.97. The van der Waals surface area contributed by atoms with E-state index in [4.69, 9.17) is 14.2 Å². The molecule has 11 nitrogen and oxygen atoms in total. The largest absolute Gasteiger partial charge is 0.489 e. The highest BCUT2D eigenvalue weighted by Gasteiger charge is 2.31. The van der Waals surface area contributed by atoms with E-state index in [-0.39, 0.29) is 70.4 Å². The Bertz CT molecular complexity index is 2270. The molecule has 1 aliphatic rings. The number of nitrogens with zero attached hydrogens (tertiary/aromatic N) is 1. The van der Waals surface area contributed by atoms with Gasteiger partial charge in [-0.1, -0.05) is 133 Å². The molecule has 5 aromatic rings. The van der Waals surface area contributed by atoms with Crippen LogP contribution in [0, 0.1) is 5.92 Å². The number of carbonyl (C=O) groups excluding carboxylic acids is 4. The van der Waals surface area contributed by atoms with Crippen LogP contribution in [0.1, 0.15) is 59.4 Å². The monoisotopic (exact) mass is 863 g/mol. The number of hydrogen-bond acceptors (Lipinski definition) is 8. The van der Waals surface area contributed by atoms with Crippen molar-refractivity contribution in [2.45, 2.75) is 63.3 Å². The van der Waals surface area contributed by atoms with Crippen LogP contribution in [0.15, 0.2) is 159 Å². The summed E-state index contributed by atoms with van der Waals surface area (Å²) in [6, 6.07) is 41.0. The van der Waals surface area contributed by atoms with Gasteiger partial charge in [-0.3, -0.25) is 9.59 Å². The van der Waals surface area contributed by atoms with Crippen molar-refractivity contribution in [3.63, 3.8) is 0 Å².